The maximum absolute atomic E-state index is 6.03. The van der Waals surface area contributed by atoms with Gasteiger partial charge in [0.15, 0.2) is 17.3 Å². The Morgan fingerprint density at radius 3 is 2.65 bits per heavy atom. The highest BCUT2D eigenvalue weighted by Crippen LogP contribution is 2.41. The lowest BCUT2D eigenvalue weighted by Crippen LogP contribution is -2.19. The van der Waals surface area contributed by atoms with E-state index in [2.05, 4.69) is 10.1 Å². The van der Waals surface area contributed by atoms with E-state index in [1.165, 1.54) is 0 Å². The zero-order chi connectivity index (χ0) is 14.2. The molecule has 0 spiro atoms. The summed E-state index contributed by atoms with van der Waals surface area (Å²) in [7, 11) is 3.22. The van der Waals surface area contributed by atoms with Crippen LogP contribution >= 0.6 is 0 Å². The standard InChI is InChI=1S/C14H17N3O3/c1-18-10-4-3-9(7-11(10)19-2)8-12-16-13(20-17-12)14(15)5-6-14/h3-4,7H,5-6,8,15H2,1-2H3. The van der Waals surface area contributed by atoms with Gasteiger partial charge in [0.25, 0.3) is 0 Å². The third kappa shape index (κ3) is 2.34. The SMILES string of the molecule is COc1ccc(Cc2noc(C3(N)CC3)n2)cc1OC. The van der Waals surface area contributed by atoms with Gasteiger partial charge in [-0.05, 0) is 30.5 Å². The van der Waals surface area contributed by atoms with Crippen molar-refractivity contribution >= 4 is 0 Å². The first-order valence-corrected chi connectivity index (χ1v) is 6.47. The van der Waals surface area contributed by atoms with Crippen molar-refractivity contribution in [2.24, 2.45) is 5.73 Å². The average molecular weight is 275 g/mol. The average Bonchev–Trinajstić information content (AvgIpc) is 3.03. The van der Waals surface area contributed by atoms with Gasteiger partial charge < -0.3 is 19.7 Å². The van der Waals surface area contributed by atoms with Crippen molar-refractivity contribution in [2.45, 2.75) is 24.8 Å². The fraction of sp³-hybridized carbons (Fsp3) is 0.429. The molecule has 1 aromatic heterocycles. The van der Waals surface area contributed by atoms with Crippen molar-refractivity contribution in [1.82, 2.24) is 10.1 Å². The Labute approximate surface area is 116 Å². The smallest absolute Gasteiger partial charge is 0.246 e. The topological polar surface area (TPSA) is 83.4 Å². The molecule has 20 heavy (non-hydrogen) atoms. The molecule has 0 bridgehead atoms. The zero-order valence-electron chi connectivity index (χ0n) is 11.5. The fourth-order valence-corrected chi connectivity index (χ4v) is 2.05. The maximum Gasteiger partial charge on any atom is 0.246 e. The van der Waals surface area contributed by atoms with Gasteiger partial charge in [-0.2, -0.15) is 4.98 Å². The summed E-state index contributed by atoms with van der Waals surface area (Å²) in [6.07, 6.45) is 2.38. The minimum absolute atomic E-state index is 0.386. The van der Waals surface area contributed by atoms with Crippen molar-refractivity contribution in [3.05, 3.63) is 35.5 Å². The molecule has 0 amide bonds. The first-order valence-electron chi connectivity index (χ1n) is 6.47. The molecular formula is C14H17N3O3. The van der Waals surface area contributed by atoms with Gasteiger partial charge in [-0.15, -0.1) is 0 Å². The van der Waals surface area contributed by atoms with Gasteiger partial charge in [-0.3, -0.25) is 0 Å². The number of hydrogen-bond donors (Lipinski definition) is 1. The van der Waals surface area contributed by atoms with Crippen LogP contribution in [0, 0.1) is 0 Å². The van der Waals surface area contributed by atoms with Gasteiger partial charge in [-0.25, -0.2) is 0 Å². The van der Waals surface area contributed by atoms with E-state index in [0.717, 1.165) is 18.4 Å². The molecule has 1 heterocycles. The van der Waals surface area contributed by atoms with E-state index < -0.39 is 0 Å². The highest BCUT2D eigenvalue weighted by molar-refractivity contribution is 5.43. The fourth-order valence-electron chi connectivity index (χ4n) is 2.05. The van der Waals surface area contributed by atoms with Crippen LogP contribution in [0.25, 0.3) is 0 Å². The number of aromatic nitrogens is 2. The molecule has 0 aliphatic heterocycles. The van der Waals surface area contributed by atoms with E-state index in [1.54, 1.807) is 14.2 Å². The van der Waals surface area contributed by atoms with Crippen LogP contribution in [0.4, 0.5) is 0 Å². The number of rotatable bonds is 5. The monoisotopic (exact) mass is 275 g/mol. The third-order valence-electron chi connectivity index (χ3n) is 3.49. The minimum Gasteiger partial charge on any atom is -0.493 e. The molecular weight excluding hydrogens is 258 g/mol. The lowest BCUT2D eigenvalue weighted by Gasteiger charge is -2.08. The molecule has 0 radical (unpaired) electrons. The normalized spacial score (nSPS) is 15.9. The molecule has 6 heteroatoms. The number of ether oxygens (including phenoxy) is 2. The van der Waals surface area contributed by atoms with Gasteiger partial charge >= 0.3 is 0 Å². The zero-order valence-corrected chi connectivity index (χ0v) is 11.5. The maximum atomic E-state index is 6.03. The first-order chi connectivity index (χ1) is 9.64. The second-order valence-corrected chi connectivity index (χ2v) is 5.04. The van der Waals surface area contributed by atoms with Crippen molar-refractivity contribution in [1.29, 1.82) is 0 Å². The number of methoxy groups -OCH3 is 2. The second-order valence-electron chi connectivity index (χ2n) is 5.04. The van der Waals surface area contributed by atoms with Crippen molar-refractivity contribution in [3.63, 3.8) is 0 Å². The lowest BCUT2D eigenvalue weighted by atomic mass is 10.1. The molecule has 0 saturated heterocycles. The molecule has 1 aliphatic carbocycles. The Bertz CT molecular complexity index is 620. The molecule has 2 N–H and O–H groups in total. The molecule has 1 aliphatic rings. The van der Waals surface area contributed by atoms with Gasteiger partial charge in [0.05, 0.1) is 19.8 Å². The summed E-state index contributed by atoms with van der Waals surface area (Å²) in [5, 5.41) is 3.98. The summed E-state index contributed by atoms with van der Waals surface area (Å²) < 4.78 is 15.7. The van der Waals surface area contributed by atoms with E-state index in [4.69, 9.17) is 19.7 Å². The van der Waals surface area contributed by atoms with E-state index >= 15 is 0 Å². The van der Waals surface area contributed by atoms with Crippen LogP contribution in [-0.2, 0) is 12.0 Å². The van der Waals surface area contributed by atoms with Crippen LogP contribution in [0.2, 0.25) is 0 Å². The van der Waals surface area contributed by atoms with Gasteiger partial charge in [0.1, 0.15) is 0 Å². The molecule has 106 valence electrons. The lowest BCUT2D eigenvalue weighted by molar-refractivity contribution is 0.344. The second kappa shape index (κ2) is 4.79. The largest absolute Gasteiger partial charge is 0.493 e. The number of hydrogen-bond acceptors (Lipinski definition) is 6. The van der Waals surface area contributed by atoms with Crippen LogP contribution < -0.4 is 15.2 Å². The van der Waals surface area contributed by atoms with E-state index in [1.807, 2.05) is 18.2 Å². The highest BCUT2D eigenvalue weighted by atomic mass is 16.5. The first kappa shape index (κ1) is 12.9. The van der Waals surface area contributed by atoms with Gasteiger partial charge in [0, 0.05) is 6.42 Å². The molecule has 3 rings (SSSR count). The molecule has 2 aromatic rings. The van der Waals surface area contributed by atoms with Crippen LogP contribution in [-0.4, -0.2) is 24.4 Å². The molecule has 1 saturated carbocycles. The predicted molar refractivity (Wildman–Crippen MR) is 71.7 cm³/mol. The van der Waals surface area contributed by atoms with E-state index in [-0.39, 0.29) is 5.54 Å². The summed E-state index contributed by atoms with van der Waals surface area (Å²) in [6.45, 7) is 0. The summed E-state index contributed by atoms with van der Waals surface area (Å²) in [5.41, 5.74) is 6.66. The van der Waals surface area contributed by atoms with Crippen LogP contribution in [0.1, 0.15) is 30.1 Å². The summed E-state index contributed by atoms with van der Waals surface area (Å²) in [5.74, 6) is 2.55. The number of nitrogens with zero attached hydrogens (tertiary/aromatic N) is 2. The van der Waals surface area contributed by atoms with Gasteiger partial charge in [-0.1, -0.05) is 11.2 Å². The van der Waals surface area contributed by atoms with Crippen molar-refractivity contribution in [3.8, 4) is 11.5 Å². The summed E-state index contributed by atoms with van der Waals surface area (Å²) >= 11 is 0. The molecule has 1 aromatic carbocycles. The van der Waals surface area contributed by atoms with E-state index in [0.29, 0.717) is 29.6 Å². The Kier molecular flexibility index (Phi) is 3.10. The van der Waals surface area contributed by atoms with E-state index in [9.17, 15) is 0 Å². The third-order valence-corrected chi connectivity index (χ3v) is 3.49. The van der Waals surface area contributed by atoms with Gasteiger partial charge in [0.2, 0.25) is 5.89 Å². The number of nitrogens with two attached hydrogens (primary N) is 1. The summed E-state index contributed by atoms with van der Waals surface area (Å²) in [4.78, 5) is 4.36. The quantitative estimate of drug-likeness (QED) is 0.892. The van der Waals surface area contributed by atoms with Crippen molar-refractivity contribution in [2.75, 3.05) is 14.2 Å². The Balaban J connectivity index is 1.79. The van der Waals surface area contributed by atoms with Crippen LogP contribution in [0.3, 0.4) is 0 Å². The molecule has 1 fully saturated rings. The highest BCUT2D eigenvalue weighted by Gasteiger charge is 2.45. The number of benzene rings is 1. The molecule has 0 unspecified atom stereocenters. The molecule has 0 atom stereocenters. The Morgan fingerprint density at radius 1 is 1.25 bits per heavy atom. The van der Waals surface area contributed by atoms with Crippen LogP contribution in [0.5, 0.6) is 11.5 Å². The van der Waals surface area contributed by atoms with Crippen LogP contribution in [0.15, 0.2) is 22.7 Å². The van der Waals surface area contributed by atoms with Crippen molar-refractivity contribution < 1.29 is 14.0 Å². The predicted octanol–water partition coefficient (Wildman–Crippen LogP) is 1.63. The summed E-state index contributed by atoms with van der Waals surface area (Å²) in [6, 6.07) is 5.72. The Morgan fingerprint density at radius 2 is 2.00 bits per heavy atom. The Hall–Kier alpha value is -2.08. The minimum atomic E-state index is -0.386. The molecule has 6 nitrogen and oxygen atoms in total.